The number of nitriles is 1. The molecule has 0 radical (unpaired) electrons. The third-order valence-electron chi connectivity index (χ3n) is 11.1. The third-order valence-corrected chi connectivity index (χ3v) is 11.1. The van der Waals surface area contributed by atoms with E-state index in [1.54, 1.807) is 43.3 Å². The Morgan fingerprint density at radius 2 is 1.58 bits per heavy atom. The van der Waals surface area contributed by atoms with Crippen LogP contribution in [-0.4, -0.2) is 109 Å². The number of rotatable bonds is 18. The molecule has 1 aliphatic heterocycles. The van der Waals surface area contributed by atoms with Crippen molar-refractivity contribution < 1.29 is 33.4 Å². The van der Waals surface area contributed by atoms with Crippen molar-refractivity contribution in [3.63, 3.8) is 0 Å². The summed E-state index contributed by atoms with van der Waals surface area (Å²) >= 11 is 0. The number of fused-ring (bicyclic) bond motifs is 5. The lowest BCUT2D eigenvalue weighted by Gasteiger charge is -2.32. The van der Waals surface area contributed by atoms with Crippen LogP contribution in [0.4, 0.5) is 0 Å². The third kappa shape index (κ3) is 12.9. The first-order valence-corrected chi connectivity index (χ1v) is 22.1. The second-order valence-electron chi connectivity index (χ2n) is 16.5. The molecule has 18 nitrogen and oxygen atoms in total. The van der Waals surface area contributed by atoms with Crippen LogP contribution in [0.25, 0.3) is 22.5 Å². The number of likely N-dealkylation sites (N-methyl/N-ethyl adjacent to an activating group) is 1. The summed E-state index contributed by atoms with van der Waals surface area (Å²) in [5.74, 6) is -1.55. The second-order valence-corrected chi connectivity index (χ2v) is 16.5. The smallest absolute Gasteiger partial charge is 0.255 e. The van der Waals surface area contributed by atoms with E-state index in [2.05, 4.69) is 45.1 Å². The van der Waals surface area contributed by atoms with Gasteiger partial charge in [-0.15, -0.1) is 0 Å². The van der Waals surface area contributed by atoms with E-state index in [0.717, 1.165) is 18.4 Å². The monoisotopic (exact) mass is 903 g/mol. The highest BCUT2D eigenvalue weighted by Crippen LogP contribution is 2.40. The number of aromatic nitrogens is 2. The van der Waals surface area contributed by atoms with Gasteiger partial charge in [-0.05, 0) is 86.5 Å². The van der Waals surface area contributed by atoms with E-state index >= 15 is 0 Å². The molecule has 4 aromatic rings. The van der Waals surface area contributed by atoms with Crippen LogP contribution in [-0.2, 0) is 32.0 Å². The maximum absolute atomic E-state index is 14.7. The minimum atomic E-state index is -1.40. The number of aryl methyl sites for hydroxylation is 2. The van der Waals surface area contributed by atoms with Gasteiger partial charge in [0, 0.05) is 49.4 Å². The molecule has 3 aromatic carbocycles. The predicted octanol–water partition coefficient (Wildman–Crippen LogP) is 2.21. The normalized spacial score (nSPS) is 16.5. The van der Waals surface area contributed by atoms with Gasteiger partial charge in [0.15, 0.2) is 5.82 Å². The number of carbonyl (C=O) groups is 5. The van der Waals surface area contributed by atoms with Crippen LogP contribution in [0.3, 0.4) is 0 Å². The van der Waals surface area contributed by atoms with Crippen molar-refractivity contribution in [2.45, 2.75) is 77.5 Å². The Hall–Kier alpha value is -6.94. The number of carbonyl (C=O) groups excluding carboxylic acids is 5. The summed E-state index contributed by atoms with van der Waals surface area (Å²) < 4.78 is 12.2. The van der Waals surface area contributed by atoms with Gasteiger partial charge in [-0.2, -0.15) is 5.26 Å². The molecular formula is C48H61N11O7. The molecular weight excluding hydrogens is 843 g/mol. The van der Waals surface area contributed by atoms with Crippen LogP contribution in [0.15, 0.2) is 66.9 Å². The number of amides is 5. The van der Waals surface area contributed by atoms with Gasteiger partial charge >= 0.3 is 0 Å². The largest absolute Gasteiger partial charge is 0.492 e. The van der Waals surface area contributed by atoms with Crippen LogP contribution in [0.1, 0.15) is 72.4 Å². The zero-order chi connectivity index (χ0) is 47.9. The van der Waals surface area contributed by atoms with E-state index in [1.165, 1.54) is 30.6 Å². The number of nitrogens with one attached hydrogen (secondary N) is 4. The molecule has 18 heteroatoms. The van der Waals surface area contributed by atoms with Crippen molar-refractivity contribution in [1.29, 1.82) is 5.26 Å². The summed E-state index contributed by atoms with van der Waals surface area (Å²) in [5.41, 5.74) is 22.1. The van der Waals surface area contributed by atoms with Gasteiger partial charge in [0.25, 0.3) is 5.91 Å². The van der Waals surface area contributed by atoms with Crippen molar-refractivity contribution in [3.05, 3.63) is 94.8 Å². The second kappa shape index (κ2) is 23.8. The summed E-state index contributed by atoms with van der Waals surface area (Å²) in [4.78, 5) is 80.5. The molecule has 1 aliphatic rings. The summed E-state index contributed by atoms with van der Waals surface area (Å²) in [7, 11) is 1.41. The molecule has 5 amide bonds. The molecule has 5 rings (SSSR count). The standard InChI is InChI=1S/C48H61N11O7/c1-28(2)6-7-31-8-11-33(12-9-31)43-54-27-37(29(3)55-43)45(61)57-38(16-17-49)48(64)59(5)42-34-13-15-41(66-23-20-52)36(26-34)35-24-32(10-14-40(35)65-22-19-51)25-39(46(62)53-21-18-50)58-44(60)30(4)56-47(42)63/h8-15,24,26-28,30,38-39,42H,6-7,16-17,19-23,25,49,51-52H2,1-5H3,(H,53,62)(H,56,63)(H,57,61)(H,58,60)/t30-,38?,39-,42-/m0/s1. The van der Waals surface area contributed by atoms with E-state index in [9.17, 15) is 24.0 Å². The molecule has 0 saturated heterocycles. The molecule has 4 bridgehead atoms. The molecule has 10 N–H and O–H groups in total. The van der Waals surface area contributed by atoms with Gasteiger partial charge in [0.2, 0.25) is 23.6 Å². The van der Waals surface area contributed by atoms with Crippen LogP contribution < -0.4 is 47.9 Å². The molecule has 1 unspecified atom stereocenters. The Labute approximate surface area is 385 Å². The van der Waals surface area contributed by atoms with Crippen molar-refractivity contribution in [2.24, 2.45) is 23.1 Å². The van der Waals surface area contributed by atoms with Crippen molar-refractivity contribution >= 4 is 29.5 Å². The van der Waals surface area contributed by atoms with Crippen LogP contribution in [0.2, 0.25) is 0 Å². The highest BCUT2D eigenvalue weighted by Gasteiger charge is 2.36. The quantitative estimate of drug-likeness (QED) is 0.0707. The summed E-state index contributed by atoms with van der Waals surface area (Å²) in [5, 5.41) is 19.9. The van der Waals surface area contributed by atoms with Crippen molar-refractivity contribution in [2.75, 3.05) is 46.4 Å². The fraction of sp³-hybridized carbons (Fsp3) is 0.417. The lowest BCUT2D eigenvalue weighted by molar-refractivity contribution is -0.141. The Bertz CT molecular complexity index is 2400. The first-order valence-electron chi connectivity index (χ1n) is 22.1. The van der Waals surface area contributed by atoms with Gasteiger partial charge in [0.05, 0.1) is 17.3 Å². The Kier molecular flexibility index (Phi) is 18.1. The maximum Gasteiger partial charge on any atom is 0.255 e. The minimum Gasteiger partial charge on any atom is -0.492 e. The summed E-state index contributed by atoms with van der Waals surface area (Å²) in [6.07, 6.45) is 3.46. The van der Waals surface area contributed by atoms with Gasteiger partial charge < -0.3 is 52.8 Å². The first kappa shape index (κ1) is 50.1. The molecule has 0 saturated carbocycles. The molecule has 350 valence electrons. The molecule has 0 aliphatic carbocycles. The van der Waals surface area contributed by atoms with E-state index in [0.29, 0.717) is 51.2 Å². The first-order chi connectivity index (χ1) is 31.7. The molecule has 1 aromatic heterocycles. The number of ether oxygens (including phenoxy) is 2. The van der Waals surface area contributed by atoms with Gasteiger partial charge in [0.1, 0.15) is 55.4 Å². The average Bonchev–Trinajstić information content (AvgIpc) is 3.30. The number of hydrogen-bond acceptors (Lipinski definition) is 13. The highest BCUT2D eigenvalue weighted by atomic mass is 16.5. The van der Waals surface area contributed by atoms with Crippen molar-refractivity contribution in [3.8, 4) is 40.1 Å². The SMILES string of the molecule is Cc1nc(-c2ccc(CCC(C)C)cc2)ncc1C(=O)NC(CCN)C(=O)N(C)[C@@H]1C(=O)N[C@@H](C)C(=O)N[C@H](C(=O)NCC#N)Cc2ccc(OCCN)c(c2)-c2cc1ccc2OCCN. The van der Waals surface area contributed by atoms with Gasteiger partial charge in [-0.3, -0.25) is 24.0 Å². The maximum atomic E-state index is 14.7. The lowest BCUT2D eigenvalue weighted by atomic mass is 9.93. The molecule has 66 heavy (non-hydrogen) atoms. The van der Waals surface area contributed by atoms with E-state index < -0.39 is 53.7 Å². The predicted molar refractivity (Wildman–Crippen MR) is 249 cm³/mol. The lowest BCUT2D eigenvalue weighted by Crippen LogP contribution is -2.56. The number of nitrogens with two attached hydrogens (primary N) is 3. The van der Waals surface area contributed by atoms with Crippen LogP contribution in [0, 0.1) is 24.2 Å². The Morgan fingerprint density at radius 3 is 2.20 bits per heavy atom. The van der Waals surface area contributed by atoms with Crippen LogP contribution in [0.5, 0.6) is 11.5 Å². The van der Waals surface area contributed by atoms with E-state index in [1.807, 2.05) is 30.3 Å². The summed E-state index contributed by atoms with van der Waals surface area (Å²) in [6.45, 7) is 7.87. The highest BCUT2D eigenvalue weighted by molar-refractivity contribution is 6.00. The number of benzene rings is 3. The fourth-order valence-electron chi connectivity index (χ4n) is 7.47. The Balaban J connectivity index is 1.53. The Morgan fingerprint density at radius 1 is 0.909 bits per heavy atom. The zero-order valence-electron chi connectivity index (χ0n) is 38.2. The van der Waals surface area contributed by atoms with Crippen molar-refractivity contribution in [1.82, 2.24) is 36.1 Å². The van der Waals surface area contributed by atoms with E-state index in [4.69, 9.17) is 31.9 Å². The number of nitrogens with zero attached hydrogens (tertiary/aromatic N) is 4. The fourth-order valence-corrected chi connectivity index (χ4v) is 7.47. The van der Waals surface area contributed by atoms with Gasteiger partial charge in [-0.1, -0.05) is 50.2 Å². The average molecular weight is 904 g/mol. The molecule has 0 fully saturated rings. The number of hydrogen-bond donors (Lipinski definition) is 7. The summed E-state index contributed by atoms with van der Waals surface area (Å²) in [6, 6.07) is 15.0. The molecule has 2 heterocycles. The molecule has 4 atom stereocenters. The van der Waals surface area contributed by atoms with Crippen LogP contribution >= 0.6 is 0 Å². The zero-order valence-corrected chi connectivity index (χ0v) is 38.2. The van der Waals surface area contributed by atoms with E-state index in [-0.39, 0.29) is 57.8 Å². The molecule has 0 spiro atoms. The minimum absolute atomic E-state index is 0.00251. The van der Waals surface area contributed by atoms with Gasteiger partial charge in [-0.25, -0.2) is 9.97 Å². The topological polar surface area (TPSA) is 283 Å².